The summed E-state index contributed by atoms with van der Waals surface area (Å²) in [6, 6.07) is 3.92. The van der Waals surface area contributed by atoms with E-state index in [0.717, 1.165) is 28.3 Å². The Morgan fingerprint density at radius 3 is 2.70 bits per heavy atom. The molecule has 1 aliphatic heterocycles. The molecule has 0 radical (unpaired) electrons. The van der Waals surface area contributed by atoms with Gasteiger partial charge in [-0.3, -0.25) is 4.79 Å². The lowest BCUT2D eigenvalue weighted by Gasteiger charge is -2.22. The van der Waals surface area contributed by atoms with Gasteiger partial charge in [0.1, 0.15) is 5.76 Å². The molecule has 0 unspecified atom stereocenters. The van der Waals surface area contributed by atoms with Gasteiger partial charge >= 0.3 is 6.03 Å². The zero-order chi connectivity index (χ0) is 19.2. The van der Waals surface area contributed by atoms with E-state index in [0.29, 0.717) is 45.6 Å². The van der Waals surface area contributed by atoms with Crippen molar-refractivity contribution in [2.45, 2.75) is 39.7 Å². The Bertz CT molecular complexity index is 753. The lowest BCUT2D eigenvalue weighted by molar-refractivity contribution is -0.131. The van der Waals surface area contributed by atoms with Crippen molar-refractivity contribution in [2.75, 3.05) is 26.2 Å². The van der Waals surface area contributed by atoms with Gasteiger partial charge in [-0.2, -0.15) is 0 Å². The van der Waals surface area contributed by atoms with Crippen LogP contribution in [0.3, 0.4) is 0 Å². The highest BCUT2D eigenvalue weighted by atomic mass is 32.1. The van der Waals surface area contributed by atoms with Crippen LogP contribution in [0.4, 0.5) is 4.79 Å². The minimum atomic E-state index is -0.0616. The maximum Gasteiger partial charge on any atom is 0.317 e. The number of nitrogens with one attached hydrogen (secondary N) is 1. The van der Waals surface area contributed by atoms with Crippen molar-refractivity contribution in [1.82, 2.24) is 20.3 Å². The standard InChI is InChI=1S/C19H26N4O3S/c1-14-17(15(2)26-21-14)6-7-18(24)22-8-4-9-23(11-10-22)19(25)20-13-16-5-3-12-27-16/h3,5,12H,4,6-11,13H2,1-2H3,(H,20,25). The van der Waals surface area contributed by atoms with Gasteiger partial charge in [0.2, 0.25) is 5.91 Å². The monoisotopic (exact) mass is 390 g/mol. The van der Waals surface area contributed by atoms with Crippen LogP contribution in [0, 0.1) is 13.8 Å². The molecule has 146 valence electrons. The first kappa shape index (κ1) is 19.4. The number of aryl methyl sites for hydroxylation is 2. The lowest BCUT2D eigenvalue weighted by Crippen LogP contribution is -2.42. The Kier molecular flexibility index (Phi) is 6.49. The zero-order valence-electron chi connectivity index (χ0n) is 15.9. The zero-order valence-corrected chi connectivity index (χ0v) is 16.7. The second-order valence-electron chi connectivity index (χ2n) is 6.76. The van der Waals surface area contributed by atoms with E-state index < -0.39 is 0 Å². The summed E-state index contributed by atoms with van der Waals surface area (Å²) in [6.07, 6.45) is 1.87. The third-order valence-corrected chi connectivity index (χ3v) is 5.78. The molecular weight excluding hydrogens is 364 g/mol. The van der Waals surface area contributed by atoms with E-state index in [9.17, 15) is 9.59 Å². The van der Waals surface area contributed by atoms with E-state index in [4.69, 9.17) is 4.52 Å². The molecule has 0 aliphatic carbocycles. The Hall–Kier alpha value is -2.35. The summed E-state index contributed by atoms with van der Waals surface area (Å²) < 4.78 is 5.16. The third kappa shape index (κ3) is 5.09. The first-order valence-electron chi connectivity index (χ1n) is 9.29. The number of aromatic nitrogens is 1. The van der Waals surface area contributed by atoms with Crippen molar-refractivity contribution in [3.05, 3.63) is 39.4 Å². The molecule has 0 bridgehead atoms. The predicted molar refractivity (Wildman–Crippen MR) is 104 cm³/mol. The summed E-state index contributed by atoms with van der Waals surface area (Å²) in [5.74, 6) is 0.903. The van der Waals surface area contributed by atoms with Crippen LogP contribution in [-0.2, 0) is 17.8 Å². The molecule has 3 rings (SSSR count). The van der Waals surface area contributed by atoms with Gasteiger partial charge in [0.25, 0.3) is 0 Å². The van der Waals surface area contributed by atoms with Crippen LogP contribution in [0.5, 0.6) is 0 Å². The largest absolute Gasteiger partial charge is 0.361 e. The second-order valence-corrected chi connectivity index (χ2v) is 7.79. The Balaban J connectivity index is 1.45. The topological polar surface area (TPSA) is 78.7 Å². The molecule has 0 saturated carbocycles. The summed E-state index contributed by atoms with van der Waals surface area (Å²) in [6.45, 7) is 6.82. The van der Waals surface area contributed by atoms with E-state index >= 15 is 0 Å². The van der Waals surface area contributed by atoms with Crippen LogP contribution in [0.2, 0.25) is 0 Å². The smallest absolute Gasteiger partial charge is 0.317 e. The number of nitrogens with zero attached hydrogens (tertiary/aromatic N) is 3. The summed E-state index contributed by atoms with van der Waals surface area (Å²) in [4.78, 5) is 29.8. The highest BCUT2D eigenvalue weighted by Crippen LogP contribution is 2.15. The van der Waals surface area contributed by atoms with Crippen molar-refractivity contribution in [1.29, 1.82) is 0 Å². The van der Waals surface area contributed by atoms with E-state index in [1.54, 1.807) is 16.2 Å². The van der Waals surface area contributed by atoms with Crippen molar-refractivity contribution in [2.24, 2.45) is 0 Å². The van der Waals surface area contributed by atoms with E-state index in [2.05, 4.69) is 10.5 Å². The molecule has 27 heavy (non-hydrogen) atoms. The van der Waals surface area contributed by atoms with Crippen LogP contribution in [-0.4, -0.2) is 53.1 Å². The number of rotatable bonds is 5. The average molecular weight is 391 g/mol. The molecule has 3 amide bonds. The summed E-state index contributed by atoms with van der Waals surface area (Å²) in [7, 11) is 0. The lowest BCUT2D eigenvalue weighted by atomic mass is 10.1. The van der Waals surface area contributed by atoms with Crippen LogP contribution in [0.15, 0.2) is 22.0 Å². The first-order chi connectivity index (χ1) is 13.0. The molecule has 2 aromatic rings. The number of amides is 3. The highest BCUT2D eigenvalue weighted by Gasteiger charge is 2.22. The molecule has 1 fully saturated rings. The van der Waals surface area contributed by atoms with Crippen molar-refractivity contribution in [3.63, 3.8) is 0 Å². The minimum Gasteiger partial charge on any atom is -0.361 e. The minimum absolute atomic E-state index is 0.0616. The number of thiophene rings is 1. The van der Waals surface area contributed by atoms with Crippen LogP contribution in [0.1, 0.15) is 34.7 Å². The van der Waals surface area contributed by atoms with Crippen LogP contribution in [0.25, 0.3) is 0 Å². The van der Waals surface area contributed by atoms with Gasteiger partial charge in [0, 0.05) is 43.0 Å². The molecule has 0 atom stereocenters. The fraction of sp³-hybridized carbons (Fsp3) is 0.526. The summed E-state index contributed by atoms with van der Waals surface area (Å²) in [5.41, 5.74) is 1.87. The summed E-state index contributed by atoms with van der Waals surface area (Å²) >= 11 is 1.63. The highest BCUT2D eigenvalue weighted by molar-refractivity contribution is 7.09. The molecule has 1 N–H and O–H groups in total. The molecule has 7 nitrogen and oxygen atoms in total. The fourth-order valence-corrected chi connectivity index (χ4v) is 3.95. The molecule has 2 aromatic heterocycles. The van der Waals surface area contributed by atoms with Gasteiger partial charge in [-0.15, -0.1) is 11.3 Å². The molecule has 8 heteroatoms. The van der Waals surface area contributed by atoms with Crippen molar-refractivity contribution in [3.8, 4) is 0 Å². The Labute approximate surface area is 163 Å². The Morgan fingerprint density at radius 1 is 1.22 bits per heavy atom. The number of urea groups is 1. The molecule has 1 saturated heterocycles. The number of carbonyl (C=O) groups excluding carboxylic acids is 2. The van der Waals surface area contributed by atoms with Crippen molar-refractivity contribution < 1.29 is 14.1 Å². The Morgan fingerprint density at radius 2 is 2.00 bits per heavy atom. The van der Waals surface area contributed by atoms with E-state index in [1.807, 2.05) is 36.3 Å². The maximum atomic E-state index is 12.6. The molecule has 0 aromatic carbocycles. The van der Waals surface area contributed by atoms with Gasteiger partial charge in [-0.25, -0.2) is 4.79 Å². The van der Waals surface area contributed by atoms with Gasteiger partial charge in [-0.1, -0.05) is 11.2 Å². The van der Waals surface area contributed by atoms with E-state index in [1.165, 1.54) is 0 Å². The second kappa shape index (κ2) is 9.03. The number of hydrogen-bond acceptors (Lipinski definition) is 5. The molecule has 0 spiro atoms. The van der Waals surface area contributed by atoms with Gasteiger partial charge in [0.15, 0.2) is 0 Å². The number of carbonyl (C=O) groups is 2. The molecule has 3 heterocycles. The fourth-order valence-electron chi connectivity index (χ4n) is 3.31. The summed E-state index contributed by atoms with van der Waals surface area (Å²) in [5, 5.41) is 8.90. The third-order valence-electron chi connectivity index (χ3n) is 4.90. The van der Waals surface area contributed by atoms with Crippen LogP contribution >= 0.6 is 11.3 Å². The van der Waals surface area contributed by atoms with Gasteiger partial charge in [0.05, 0.1) is 12.2 Å². The van der Waals surface area contributed by atoms with Crippen LogP contribution < -0.4 is 5.32 Å². The van der Waals surface area contributed by atoms with Crippen molar-refractivity contribution >= 4 is 23.3 Å². The average Bonchev–Trinajstić information content (AvgIpc) is 3.20. The van der Waals surface area contributed by atoms with Gasteiger partial charge in [-0.05, 0) is 38.1 Å². The quantitative estimate of drug-likeness (QED) is 0.851. The molecular formula is C19H26N4O3S. The first-order valence-corrected chi connectivity index (χ1v) is 10.2. The maximum absolute atomic E-state index is 12.6. The molecule has 1 aliphatic rings. The predicted octanol–water partition coefficient (Wildman–Crippen LogP) is 2.73. The normalized spacial score (nSPS) is 14.9. The van der Waals surface area contributed by atoms with E-state index in [-0.39, 0.29) is 11.9 Å². The SMILES string of the molecule is Cc1noc(C)c1CCC(=O)N1CCCN(C(=O)NCc2cccs2)CC1. The number of hydrogen-bond donors (Lipinski definition) is 1. The van der Waals surface area contributed by atoms with Gasteiger partial charge < -0.3 is 19.6 Å².